The van der Waals surface area contributed by atoms with E-state index in [1.165, 1.54) is 24.4 Å². The van der Waals surface area contributed by atoms with E-state index in [0.717, 1.165) is 5.56 Å². The minimum atomic E-state index is -3.76. The van der Waals surface area contributed by atoms with Gasteiger partial charge in [-0.05, 0) is 36.8 Å². The fourth-order valence-corrected chi connectivity index (χ4v) is 2.70. The van der Waals surface area contributed by atoms with E-state index >= 15 is 0 Å². The molecule has 2 aromatic rings. The van der Waals surface area contributed by atoms with Crippen molar-refractivity contribution in [2.75, 3.05) is 4.72 Å². The maximum atomic E-state index is 12.2. The minimum absolute atomic E-state index is 0.00339. The molecule has 0 unspecified atom stereocenters. The SMILES string of the molecule is Cc1ccc(C#N)cc1NS(=O)(=O)c1ccc(Cl)nc1. The highest BCUT2D eigenvalue weighted by Gasteiger charge is 2.16. The number of benzene rings is 1. The van der Waals surface area contributed by atoms with E-state index < -0.39 is 10.0 Å². The van der Waals surface area contributed by atoms with Crippen LogP contribution >= 0.6 is 11.6 Å². The number of aromatic nitrogens is 1. The average Bonchev–Trinajstić information content (AvgIpc) is 2.41. The Labute approximate surface area is 121 Å². The molecule has 0 fully saturated rings. The van der Waals surface area contributed by atoms with Crippen molar-refractivity contribution in [3.63, 3.8) is 0 Å². The molecular weight excluding hydrogens is 298 g/mol. The molecule has 0 saturated carbocycles. The van der Waals surface area contributed by atoms with Gasteiger partial charge in [0, 0.05) is 6.20 Å². The molecule has 0 atom stereocenters. The first-order valence-corrected chi connectivity index (χ1v) is 7.43. The second-order valence-electron chi connectivity index (χ2n) is 4.06. The molecule has 0 bridgehead atoms. The number of anilines is 1. The van der Waals surface area contributed by atoms with Crippen LogP contribution in [0.25, 0.3) is 0 Å². The Morgan fingerprint density at radius 2 is 2.05 bits per heavy atom. The van der Waals surface area contributed by atoms with Gasteiger partial charge in [-0.3, -0.25) is 4.72 Å². The first-order chi connectivity index (χ1) is 9.42. The molecule has 5 nitrogen and oxygen atoms in total. The van der Waals surface area contributed by atoms with Crippen molar-refractivity contribution in [2.45, 2.75) is 11.8 Å². The zero-order valence-electron chi connectivity index (χ0n) is 10.5. The van der Waals surface area contributed by atoms with Crippen molar-refractivity contribution < 1.29 is 8.42 Å². The summed E-state index contributed by atoms with van der Waals surface area (Å²) >= 11 is 5.62. The fraction of sp³-hybridized carbons (Fsp3) is 0.0769. The third kappa shape index (κ3) is 3.07. The summed E-state index contributed by atoms with van der Waals surface area (Å²) in [5.41, 5.74) is 1.45. The van der Waals surface area contributed by atoms with E-state index in [1.54, 1.807) is 19.1 Å². The van der Waals surface area contributed by atoms with Gasteiger partial charge in [0.05, 0.1) is 17.3 Å². The molecule has 1 N–H and O–H groups in total. The standard InChI is InChI=1S/C13H10ClN3O2S/c1-9-2-3-10(7-15)6-12(9)17-20(18,19)11-4-5-13(14)16-8-11/h2-6,8,17H,1H3. The lowest BCUT2D eigenvalue weighted by molar-refractivity contribution is 0.601. The molecule has 20 heavy (non-hydrogen) atoms. The largest absolute Gasteiger partial charge is 0.279 e. The number of nitriles is 1. The molecule has 0 saturated heterocycles. The maximum Gasteiger partial charge on any atom is 0.263 e. The molecule has 0 aliphatic rings. The fourth-order valence-electron chi connectivity index (χ4n) is 1.53. The molecule has 0 aliphatic heterocycles. The summed E-state index contributed by atoms with van der Waals surface area (Å²) < 4.78 is 26.8. The molecule has 1 heterocycles. The van der Waals surface area contributed by atoms with Crippen molar-refractivity contribution >= 4 is 27.3 Å². The molecule has 2 rings (SSSR count). The van der Waals surface area contributed by atoms with Crippen molar-refractivity contribution in [1.29, 1.82) is 5.26 Å². The summed E-state index contributed by atoms with van der Waals surface area (Å²) in [4.78, 5) is 3.74. The molecule has 102 valence electrons. The summed E-state index contributed by atoms with van der Waals surface area (Å²) in [7, 11) is -3.76. The Morgan fingerprint density at radius 3 is 2.65 bits per heavy atom. The van der Waals surface area contributed by atoms with Gasteiger partial charge in [0.15, 0.2) is 0 Å². The highest BCUT2D eigenvalue weighted by molar-refractivity contribution is 7.92. The van der Waals surface area contributed by atoms with E-state index in [2.05, 4.69) is 9.71 Å². The van der Waals surface area contributed by atoms with Gasteiger partial charge in [0.1, 0.15) is 10.0 Å². The summed E-state index contributed by atoms with van der Waals surface area (Å²) in [6.07, 6.45) is 1.17. The van der Waals surface area contributed by atoms with Crippen LogP contribution in [0, 0.1) is 18.3 Å². The predicted octanol–water partition coefficient (Wildman–Crippen LogP) is 2.72. The van der Waals surface area contributed by atoms with Gasteiger partial charge < -0.3 is 0 Å². The molecule has 0 amide bonds. The topological polar surface area (TPSA) is 82.9 Å². The number of aryl methyl sites for hydroxylation is 1. The lowest BCUT2D eigenvalue weighted by Gasteiger charge is -2.10. The monoisotopic (exact) mass is 307 g/mol. The van der Waals surface area contributed by atoms with E-state index in [9.17, 15) is 8.42 Å². The minimum Gasteiger partial charge on any atom is -0.279 e. The van der Waals surface area contributed by atoms with Gasteiger partial charge in [-0.25, -0.2) is 13.4 Å². The van der Waals surface area contributed by atoms with Gasteiger partial charge in [0.25, 0.3) is 10.0 Å². The Balaban J connectivity index is 2.38. The number of hydrogen-bond donors (Lipinski definition) is 1. The van der Waals surface area contributed by atoms with Crippen LogP contribution in [-0.4, -0.2) is 13.4 Å². The molecule has 1 aromatic carbocycles. The number of rotatable bonds is 3. The van der Waals surface area contributed by atoms with Crippen LogP contribution in [0.5, 0.6) is 0 Å². The van der Waals surface area contributed by atoms with Crippen molar-refractivity contribution in [2.24, 2.45) is 0 Å². The van der Waals surface area contributed by atoms with Crippen molar-refractivity contribution in [1.82, 2.24) is 4.98 Å². The Hall–Kier alpha value is -2.10. The van der Waals surface area contributed by atoms with Gasteiger partial charge in [-0.1, -0.05) is 17.7 Å². The van der Waals surface area contributed by atoms with Crippen LogP contribution in [0.3, 0.4) is 0 Å². The summed E-state index contributed by atoms with van der Waals surface area (Å²) in [5, 5.41) is 9.06. The van der Waals surface area contributed by atoms with Crippen LogP contribution in [0.4, 0.5) is 5.69 Å². The van der Waals surface area contributed by atoms with Crippen molar-refractivity contribution in [3.8, 4) is 6.07 Å². The average molecular weight is 308 g/mol. The normalized spacial score (nSPS) is 10.8. The van der Waals surface area contributed by atoms with Crippen LogP contribution in [0.2, 0.25) is 5.15 Å². The third-order valence-electron chi connectivity index (χ3n) is 2.62. The number of halogens is 1. The summed E-state index contributed by atoms with van der Waals surface area (Å²) in [5.74, 6) is 0. The second kappa shape index (κ2) is 5.49. The van der Waals surface area contributed by atoms with Crippen LogP contribution in [-0.2, 0) is 10.0 Å². The Bertz CT molecular complexity index is 780. The zero-order chi connectivity index (χ0) is 14.8. The first kappa shape index (κ1) is 14.3. The lowest BCUT2D eigenvalue weighted by Crippen LogP contribution is -2.14. The number of hydrogen-bond acceptors (Lipinski definition) is 4. The maximum absolute atomic E-state index is 12.2. The Morgan fingerprint density at radius 1 is 1.30 bits per heavy atom. The second-order valence-corrected chi connectivity index (χ2v) is 6.13. The molecular formula is C13H10ClN3O2S. The molecule has 0 radical (unpaired) electrons. The molecule has 7 heteroatoms. The zero-order valence-corrected chi connectivity index (χ0v) is 12.0. The number of nitrogens with one attached hydrogen (secondary N) is 1. The Kier molecular flexibility index (Phi) is 3.93. The van der Waals surface area contributed by atoms with Crippen LogP contribution < -0.4 is 4.72 Å². The first-order valence-electron chi connectivity index (χ1n) is 5.57. The third-order valence-corrected chi connectivity index (χ3v) is 4.20. The van der Waals surface area contributed by atoms with Crippen molar-refractivity contribution in [3.05, 3.63) is 52.8 Å². The van der Waals surface area contributed by atoms with E-state index in [0.29, 0.717) is 11.3 Å². The quantitative estimate of drug-likeness (QED) is 0.884. The molecule has 1 aromatic heterocycles. The number of pyridine rings is 1. The summed E-state index contributed by atoms with van der Waals surface area (Å²) in [6, 6.07) is 9.50. The lowest BCUT2D eigenvalue weighted by atomic mass is 10.1. The van der Waals surface area contributed by atoms with Gasteiger partial charge >= 0.3 is 0 Å². The van der Waals surface area contributed by atoms with E-state index in [-0.39, 0.29) is 10.0 Å². The van der Waals surface area contributed by atoms with Gasteiger partial charge in [-0.15, -0.1) is 0 Å². The van der Waals surface area contributed by atoms with Gasteiger partial charge in [-0.2, -0.15) is 5.26 Å². The number of nitrogens with zero attached hydrogens (tertiary/aromatic N) is 2. The molecule has 0 aliphatic carbocycles. The van der Waals surface area contributed by atoms with E-state index in [1.807, 2.05) is 6.07 Å². The highest BCUT2D eigenvalue weighted by atomic mass is 35.5. The number of sulfonamides is 1. The van der Waals surface area contributed by atoms with Crippen LogP contribution in [0.1, 0.15) is 11.1 Å². The molecule has 0 spiro atoms. The highest BCUT2D eigenvalue weighted by Crippen LogP contribution is 2.21. The smallest absolute Gasteiger partial charge is 0.263 e. The van der Waals surface area contributed by atoms with E-state index in [4.69, 9.17) is 16.9 Å². The van der Waals surface area contributed by atoms with Gasteiger partial charge in [0.2, 0.25) is 0 Å². The predicted molar refractivity (Wildman–Crippen MR) is 75.9 cm³/mol. The summed E-state index contributed by atoms with van der Waals surface area (Å²) in [6.45, 7) is 1.75. The van der Waals surface area contributed by atoms with Crippen LogP contribution in [0.15, 0.2) is 41.4 Å².